The Morgan fingerprint density at radius 1 is 1.28 bits per heavy atom. The van der Waals surface area contributed by atoms with Gasteiger partial charge in [-0.05, 0) is 44.2 Å². The number of furan rings is 1. The molecule has 0 aliphatic rings. The fourth-order valence-electron chi connectivity index (χ4n) is 2.01. The Kier molecular flexibility index (Phi) is 3.82. The molecule has 1 unspecified atom stereocenters. The average molecular weight is 247 g/mol. The summed E-state index contributed by atoms with van der Waals surface area (Å²) in [6.07, 6.45) is 0. The van der Waals surface area contributed by atoms with Gasteiger partial charge in [0.1, 0.15) is 17.3 Å². The molecule has 1 heterocycles. The highest BCUT2D eigenvalue weighted by atomic mass is 19.1. The second kappa shape index (κ2) is 5.36. The van der Waals surface area contributed by atoms with E-state index in [9.17, 15) is 4.39 Å². The number of hydrogen-bond acceptors (Lipinski definition) is 2. The van der Waals surface area contributed by atoms with Crippen LogP contribution in [0.1, 0.15) is 31.2 Å². The zero-order chi connectivity index (χ0) is 13.1. The average Bonchev–Trinajstić information content (AvgIpc) is 2.82. The molecule has 0 saturated carbocycles. The smallest absolute Gasteiger partial charge is 0.134 e. The van der Waals surface area contributed by atoms with Crippen LogP contribution in [0.3, 0.4) is 0 Å². The summed E-state index contributed by atoms with van der Waals surface area (Å²) in [5, 5.41) is 3.28. The van der Waals surface area contributed by atoms with Gasteiger partial charge < -0.3 is 9.73 Å². The summed E-state index contributed by atoms with van der Waals surface area (Å²) in [4.78, 5) is 0. The van der Waals surface area contributed by atoms with E-state index in [1.54, 1.807) is 13.0 Å². The minimum absolute atomic E-state index is 0.164. The van der Waals surface area contributed by atoms with Crippen molar-refractivity contribution in [2.24, 2.45) is 0 Å². The number of hydrogen-bond donors (Lipinski definition) is 1. The molecule has 1 aromatic heterocycles. The molecule has 2 nitrogen and oxygen atoms in total. The van der Waals surface area contributed by atoms with Crippen LogP contribution in [-0.4, -0.2) is 6.54 Å². The van der Waals surface area contributed by atoms with Gasteiger partial charge in [-0.25, -0.2) is 4.39 Å². The number of benzene rings is 1. The predicted molar refractivity (Wildman–Crippen MR) is 70.9 cm³/mol. The van der Waals surface area contributed by atoms with E-state index in [1.807, 2.05) is 25.1 Å². The van der Waals surface area contributed by atoms with Gasteiger partial charge in [0.15, 0.2) is 0 Å². The molecule has 0 aliphatic heterocycles. The number of halogens is 1. The van der Waals surface area contributed by atoms with Gasteiger partial charge in [0.05, 0.1) is 6.04 Å². The Morgan fingerprint density at radius 2 is 2.06 bits per heavy atom. The monoisotopic (exact) mass is 247 g/mol. The van der Waals surface area contributed by atoms with Gasteiger partial charge in [0, 0.05) is 5.56 Å². The molecule has 0 amide bonds. The second-order valence-electron chi connectivity index (χ2n) is 4.39. The first-order valence-corrected chi connectivity index (χ1v) is 6.22. The summed E-state index contributed by atoms with van der Waals surface area (Å²) in [6.45, 7) is 6.75. The van der Waals surface area contributed by atoms with E-state index < -0.39 is 0 Å². The third kappa shape index (κ3) is 2.46. The Balaban J connectivity index is 2.32. The summed E-state index contributed by atoms with van der Waals surface area (Å²) in [5.41, 5.74) is 1.43. The molecule has 1 atom stereocenters. The van der Waals surface area contributed by atoms with Gasteiger partial charge in [-0.3, -0.25) is 0 Å². The summed E-state index contributed by atoms with van der Waals surface area (Å²) in [6, 6.07) is 9.03. The van der Waals surface area contributed by atoms with Crippen LogP contribution in [0.25, 0.3) is 11.3 Å². The Labute approximate surface area is 107 Å². The SMILES string of the molecule is CCNC(C)c1ccc(-c2cccc(F)c2C)o1. The van der Waals surface area contributed by atoms with Crippen LogP contribution >= 0.6 is 0 Å². The van der Waals surface area contributed by atoms with Crippen molar-refractivity contribution >= 4 is 0 Å². The van der Waals surface area contributed by atoms with Crippen molar-refractivity contribution in [3.8, 4) is 11.3 Å². The van der Waals surface area contributed by atoms with Gasteiger partial charge in [-0.1, -0.05) is 19.1 Å². The van der Waals surface area contributed by atoms with Crippen molar-refractivity contribution in [2.75, 3.05) is 6.54 Å². The zero-order valence-corrected chi connectivity index (χ0v) is 11.0. The fraction of sp³-hybridized carbons (Fsp3) is 0.333. The Bertz CT molecular complexity index is 533. The summed E-state index contributed by atoms with van der Waals surface area (Å²) >= 11 is 0. The topological polar surface area (TPSA) is 25.2 Å². The van der Waals surface area contributed by atoms with Gasteiger partial charge in [-0.15, -0.1) is 0 Å². The van der Waals surface area contributed by atoms with Crippen LogP contribution in [0.5, 0.6) is 0 Å². The van der Waals surface area contributed by atoms with Crippen molar-refractivity contribution in [1.29, 1.82) is 0 Å². The molecule has 0 radical (unpaired) electrons. The molecular weight excluding hydrogens is 229 g/mol. The maximum Gasteiger partial charge on any atom is 0.134 e. The summed E-state index contributed by atoms with van der Waals surface area (Å²) in [5.74, 6) is 1.38. The lowest BCUT2D eigenvalue weighted by Crippen LogP contribution is -2.16. The van der Waals surface area contributed by atoms with Gasteiger partial charge in [0.2, 0.25) is 0 Å². The lowest BCUT2D eigenvalue weighted by Gasteiger charge is -2.09. The first-order chi connectivity index (χ1) is 8.63. The van der Waals surface area contributed by atoms with Crippen molar-refractivity contribution in [3.05, 3.63) is 47.5 Å². The molecular formula is C15H18FNO. The van der Waals surface area contributed by atoms with Gasteiger partial charge >= 0.3 is 0 Å². The van der Waals surface area contributed by atoms with Crippen LogP contribution in [0.2, 0.25) is 0 Å². The van der Waals surface area contributed by atoms with E-state index in [4.69, 9.17) is 4.42 Å². The molecule has 2 aromatic rings. The second-order valence-corrected chi connectivity index (χ2v) is 4.39. The molecule has 96 valence electrons. The summed E-state index contributed by atoms with van der Waals surface area (Å²) < 4.78 is 19.3. The Morgan fingerprint density at radius 3 is 2.78 bits per heavy atom. The quantitative estimate of drug-likeness (QED) is 0.881. The normalized spacial score (nSPS) is 12.7. The first kappa shape index (κ1) is 12.8. The molecule has 18 heavy (non-hydrogen) atoms. The minimum atomic E-state index is -0.204. The third-order valence-electron chi connectivity index (χ3n) is 3.10. The molecule has 3 heteroatoms. The Hall–Kier alpha value is -1.61. The maximum absolute atomic E-state index is 13.5. The largest absolute Gasteiger partial charge is 0.459 e. The van der Waals surface area contributed by atoms with Crippen molar-refractivity contribution in [1.82, 2.24) is 5.32 Å². The van der Waals surface area contributed by atoms with E-state index in [0.717, 1.165) is 17.9 Å². The molecule has 0 fully saturated rings. The van der Waals surface area contributed by atoms with Crippen LogP contribution in [0.4, 0.5) is 4.39 Å². The molecule has 2 rings (SSSR count). The molecule has 0 spiro atoms. The van der Waals surface area contributed by atoms with E-state index in [-0.39, 0.29) is 11.9 Å². The molecule has 0 bridgehead atoms. The van der Waals surface area contributed by atoms with Crippen molar-refractivity contribution in [3.63, 3.8) is 0 Å². The van der Waals surface area contributed by atoms with Gasteiger partial charge in [0.25, 0.3) is 0 Å². The van der Waals surface area contributed by atoms with Crippen LogP contribution in [0.15, 0.2) is 34.7 Å². The number of rotatable bonds is 4. The van der Waals surface area contributed by atoms with Crippen LogP contribution < -0.4 is 5.32 Å². The highest BCUT2D eigenvalue weighted by Gasteiger charge is 2.13. The van der Waals surface area contributed by atoms with E-state index in [1.165, 1.54) is 6.07 Å². The molecule has 0 saturated heterocycles. The lowest BCUT2D eigenvalue weighted by atomic mass is 10.1. The predicted octanol–water partition coefficient (Wildman–Crippen LogP) is 4.06. The third-order valence-corrected chi connectivity index (χ3v) is 3.10. The highest BCUT2D eigenvalue weighted by Crippen LogP contribution is 2.28. The molecule has 0 aliphatic carbocycles. The lowest BCUT2D eigenvalue weighted by molar-refractivity contribution is 0.445. The highest BCUT2D eigenvalue weighted by molar-refractivity contribution is 5.62. The molecule has 1 aromatic carbocycles. The minimum Gasteiger partial charge on any atom is -0.459 e. The number of nitrogens with one attached hydrogen (secondary N) is 1. The van der Waals surface area contributed by atoms with Gasteiger partial charge in [-0.2, -0.15) is 0 Å². The summed E-state index contributed by atoms with van der Waals surface area (Å²) in [7, 11) is 0. The van der Waals surface area contributed by atoms with Crippen molar-refractivity contribution < 1.29 is 8.81 Å². The van der Waals surface area contributed by atoms with Crippen LogP contribution in [0, 0.1) is 12.7 Å². The maximum atomic E-state index is 13.5. The van der Waals surface area contributed by atoms with E-state index in [0.29, 0.717) is 11.3 Å². The van der Waals surface area contributed by atoms with E-state index >= 15 is 0 Å². The zero-order valence-electron chi connectivity index (χ0n) is 11.0. The molecule has 1 N–H and O–H groups in total. The fourth-order valence-corrected chi connectivity index (χ4v) is 2.01. The van der Waals surface area contributed by atoms with E-state index in [2.05, 4.69) is 12.2 Å². The standard InChI is InChI=1S/C15H18FNO/c1-4-17-11(3)14-8-9-15(18-14)12-6-5-7-13(16)10(12)2/h5-9,11,17H,4H2,1-3H3. The van der Waals surface area contributed by atoms with Crippen LogP contribution in [-0.2, 0) is 0 Å². The van der Waals surface area contributed by atoms with Crippen molar-refractivity contribution in [2.45, 2.75) is 26.8 Å². The first-order valence-electron chi connectivity index (χ1n) is 6.22.